The molecule has 0 unspecified atom stereocenters. The Morgan fingerprint density at radius 2 is 1.58 bits per heavy atom. The van der Waals surface area contributed by atoms with E-state index in [1.165, 1.54) is 0 Å². The fraction of sp³-hybridized carbons (Fsp3) is 0.600. The zero-order chi connectivity index (χ0) is 14.3. The summed E-state index contributed by atoms with van der Waals surface area (Å²) < 4.78 is 26.9. The molecule has 1 N–H and O–H groups in total. The van der Waals surface area contributed by atoms with Crippen LogP contribution in [0.1, 0.15) is 47.9 Å². The molecule has 1 aliphatic carbocycles. The van der Waals surface area contributed by atoms with Gasteiger partial charge < -0.3 is 0 Å². The summed E-state index contributed by atoms with van der Waals surface area (Å²) in [4.78, 5) is 0.360. The first-order chi connectivity index (χ1) is 9.08. The largest absolute Gasteiger partial charge is 0.240 e. The highest BCUT2D eigenvalue weighted by molar-refractivity contribution is 7.89. The van der Waals surface area contributed by atoms with Gasteiger partial charge in [0.2, 0.25) is 10.0 Å². The van der Waals surface area contributed by atoms with Gasteiger partial charge in [-0.05, 0) is 43.7 Å². The van der Waals surface area contributed by atoms with Crippen molar-refractivity contribution in [2.75, 3.05) is 0 Å². The molecule has 1 aliphatic rings. The van der Waals surface area contributed by atoms with Crippen LogP contribution in [0.25, 0.3) is 0 Å². The summed E-state index contributed by atoms with van der Waals surface area (Å²) in [5.74, 6) is 0.729. The molecule has 1 saturated carbocycles. The molecule has 0 bridgehead atoms. The molecule has 0 amide bonds. The molecule has 0 radical (unpaired) electrons. The molecule has 0 aliphatic heterocycles. The van der Waals surface area contributed by atoms with Crippen molar-refractivity contribution in [1.29, 1.82) is 0 Å². The Labute approximate surface area is 119 Å². The predicted molar refractivity (Wildman–Crippen MR) is 81.6 cm³/mol. The van der Waals surface area contributed by atoms with Crippen LogP contribution in [0.5, 0.6) is 0 Å². The second-order valence-electron chi connectivity index (χ2n) is 4.89. The lowest BCUT2D eigenvalue weighted by atomic mass is 9.88. The average Bonchev–Trinajstić information content (AvgIpc) is 2.44. The zero-order valence-electron chi connectivity index (χ0n) is 12.1. The van der Waals surface area contributed by atoms with Gasteiger partial charge in [-0.3, -0.25) is 0 Å². The van der Waals surface area contributed by atoms with Crippen LogP contribution in [0, 0.1) is 5.92 Å². The van der Waals surface area contributed by atoms with Crippen molar-refractivity contribution >= 4 is 10.0 Å². The van der Waals surface area contributed by atoms with Crippen LogP contribution in [-0.2, 0) is 10.0 Å². The fourth-order valence-electron chi connectivity index (χ4n) is 2.27. The Hall–Kier alpha value is -0.870. The number of nitrogens with one attached hydrogen (secondary N) is 1. The number of rotatable bonds is 3. The molecule has 19 heavy (non-hydrogen) atoms. The van der Waals surface area contributed by atoms with Gasteiger partial charge >= 0.3 is 0 Å². The van der Waals surface area contributed by atoms with E-state index in [0.29, 0.717) is 4.90 Å². The molecule has 0 atom stereocenters. The Morgan fingerprint density at radius 3 is 2.11 bits per heavy atom. The lowest BCUT2D eigenvalue weighted by molar-refractivity contribution is 0.332. The van der Waals surface area contributed by atoms with Crippen molar-refractivity contribution in [2.24, 2.45) is 5.92 Å². The number of hydrogen-bond acceptors (Lipinski definition) is 2. The molecule has 0 heterocycles. The quantitative estimate of drug-likeness (QED) is 0.917. The first kappa shape index (κ1) is 16.2. The van der Waals surface area contributed by atoms with Crippen molar-refractivity contribution in [3.05, 3.63) is 30.3 Å². The Bertz CT molecular complexity index is 454. The second kappa shape index (κ2) is 7.65. The highest BCUT2D eigenvalue weighted by Gasteiger charge is 2.23. The maximum atomic E-state index is 12.1. The van der Waals surface area contributed by atoms with Crippen LogP contribution < -0.4 is 4.72 Å². The van der Waals surface area contributed by atoms with Crippen molar-refractivity contribution in [3.8, 4) is 0 Å². The lowest BCUT2D eigenvalue weighted by Crippen LogP contribution is -2.37. The highest BCUT2D eigenvalue weighted by Crippen LogP contribution is 2.24. The predicted octanol–water partition coefficient (Wildman–Crippen LogP) is 3.82. The lowest BCUT2D eigenvalue weighted by Gasteiger charge is -2.26. The van der Waals surface area contributed by atoms with Crippen LogP contribution in [0.2, 0.25) is 0 Å². The molecule has 1 fully saturated rings. The van der Waals surface area contributed by atoms with E-state index in [0.717, 1.165) is 31.6 Å². The molecular formula is C15H27NO2S. The number of hydrogen-bond donors (Lipinski definition) is 1. The third-order valence-corrected chi connectivity index (χ3v) is 4.93. The normalized spacial score (nSPS) is 23.3. The van der Waals surface area contributed by atoms with Crippen LogP contribution in [0.4, 0.5) is 0 Å². The second-order valence-corrected chi connectivity index (χ2v) is 6.61. The maximum Gasteiger partial charge on any atom is 0.240 e. The zero-order valence-corrected chi connectivity index (χ0v) is 12.9. The van der Waals surface area contributed by atoms with E-state index in [4.69, 9.17) is 0 Å². The van der Waals surface area contributed by atoms with Gasteiger partial charge in [-0.1, -0.05) is 39.0 Å². The summed E-state index contributed by atoms with van der Waals surface area (Å²) in [5, 5.41) is 0. The minimum Gasteiger partial charge on any atom is -0.208 e. The third kappa shape index (κ3) is 4.96. The smallest absolute Gasteiger partial charge is 0.208 e. The van der Waals surface area contributed by atoms with Gasteiger partial charge in [0.1, 0.15) is 0 Å². The summed E-state index contributed by atoms with van der Waals surface area (Å²) in [5.41, 5.74) is 0. The van der Waals surface area contributed by atoms with Crippen LogP contribution in [0.3, 0.4) is 0 Å². The van der Waals surface area contributed by atoms with Gasteiger partial charge in [0, 0.05) is 7.47 Å². The Morgan fingerprint density at radius 1 is 1.05 bits per heavy atom. The van der Waals surface area contributed by atoms with Crippen molar-refractivity contribution in [2.45, 2.75) is 57.4 Å². The molecule has 110 valence electrons. The monoisotopic (exact) mass is 285 g/mol. The van der Waals surface area contributed by atoms with E-state index >= 15 is 0 Å². The van der Waals surface area contributed by atoms with Crippen LogP contribution in [0.15, 0.2) is 35.2 Å². The summed E-state index contributed by atoms with van der Waals surface area (Å²) in [6, 6.07) is 8.69. The van der Waals surface area contributed by atoms with E-state index in [-0.39, 0.29) is 7.47 Å². The summed E-state index contributed by atoms with van der Waals surface area (Å²) in [6.07, 6.45) is 4.13. The number of sulfonamides is 1. The van der Waals surface area contributed by atoms with Gasteiger partial charge in [0.15, 0.2) is 0 Å². The van der Waals surface area contributed by atoms with Gasteiger partial charge in [0.05, 0.1) is 4.90 Å². The Kier molecular flexibility index (Phi) is 6.52. The van der Waals surface area contributed by atoms with Crippen LogP contribution in [-0.4, -0.2) is 14.5 Å². The topological polar surface area (TPSA) is 46.2 Å². The highest BCUT2D eigenvalue weighted by atomic mass is 32.2. The summed E-state index contributed by atoms with van der Waals surface area (Å²) in [7, 11) is -3.33. The molecule has 0 saturated heterocycles. The standard InChI is InChI=1S/C13H19NO2S.C2H6.H2/c1-11-7-9-12(10-8-11)14-17(15,16)13-5-3-2-4-6-13;1-2;/h2-6,11-12,14H,7-10H2,1H3;1-2H3;1H. The first-order valence-electron chi connectivity index (χ1n) is 7.15. The molecule has 1 aromatic carbocycles. The SMILES string of the molecule is CC.CC1CCC(NS(=O)(=O)c2ccccc2)CC1.[HH]. The van der Waals surface area contributed by atoms with Crippen molar-refractivity contribution in [1.82, 2.24) is 4.72 Å². The van der Waals surface area contributed by atoms with E-state index in [1.807, 2.05) is 19.9 Å². The molecule has 3 nitrogen and oxygen atoms in total. The molecule has 0 aromatic heterocycles. The number of benzene rings is 1. The van der Waals surface area contributed by atoms with Crippen molar-refractivity contribution in [3.63, 3.8) is 0 Å². The molecule has 2 rings (SSSR count). The minimum atomic E-state index is -3.33. The molecule has 0 spiro atoms. The van der Waals surface area contributed by atoms with Crippen LogP contribution >= 0.6 is 0 Å². The maximum absolute atomic E-state index is 12.1. The average molecular weight is 285 g/mol. The first-order valence-corrected chi connectivity index (χ1v) is 8.63. The van der Waals surface area contributed by atoms with E-state index in [2.05, 4.69) is 11.6 Å². The molecule has 4 heteroatoms. The van der Waals surface area contributed by atoms with Gasteiger partial charge in [-0.25, -0.2) is 13.1 Å². The van der Waals surface area contributed by atoms with Gasteiger partial charge in [0.25, 0.3) is 0 Å². The molecular weight excluding hydrogens is 258 g/mol. The molecule has 1 aromatic rings. The fourth-order valence-corrected chi connectivity index (χ4v) is 3.59. The summed E-state index contributed by atoms with van der Waals surface area (Å²) >= 11 is 0. The van der Waals surface area contributed by atoms with E-state index < -0.39 is 10.0 Å². The van der Waals surface area contributed by atoms with Gasteiger partial charge in [-0.15, -0.1) is 0 Å². The van der Waals surface area contributed by atoms with Gasteiger partial charge in [-0.2, -0.15) is 0 Å². The van der Waals surface area contributed by atoms with E-state index in [1.54, 1.807) is 24.3 Å². The summed E-state index contributed by atoms with van der Waals surface area (Å²) in [6.45, 7) is 6.22. The van der Waals surface area contributed by atoms with E-state index in [9.17, 15) is 8.42 Å². The third-order valence-electron chi connectivity index (χ3n) is 3.39. The Balaban J connectivity index is 0.00000115. The van der Waals surface area contributed by atoms with Crippen molar-refractivity contribution < 1.29 is 9.84 Å². The minimum absolute atomic E-state index is 0.